The van der Waals surface area contributed by atoms with Gasteiger partial charge in [-0.15, -0.1) is 0 Å². The average Bonchev–Trinajstić information content (AvgIpc) is 2.62. The van der Waals surface area contributed by atoms with E-state index < -0.39 is 0 Å². The maximum absolute atomic E-state index is 12.5. The van der Waals surface area contributed by atoms with Gasteiger partial charge in [0, 0.05) is 23.8 Å². The van der Waals surface area contributed by atoms with E-state index in [2.05, 4.69) is 10.6 Å². The summed E-state index contributed by atoms with van der Waals surface area (Å²) < 4.78 is 5.39. The van der Waals surface area contributed by atoms with E-state index in [0.717, 1.165) is 0 Å². The van der Waals surface area contributed by atoms with Gasteiger partial charge in [0.05, 0.1) is 10.6 Å². The molecule has 2 amide bonds. The molecule has 4 N–H and O–H groups in total. The molecule has 0 fully saturated rings. The third-order valence-electron chi connectivity index (χ3n) is 3.50. The van der Waals surface area contributed by atoms with Crippen LogP contribution in [0.25, 0.3) is 0 Å². The van der Waals surface area contributed by atoms with Crippen molar-refractivity contribution in [2.75, 3.05) is 23.8 Å². The SMILES string of the molecule is CC(C)C(=O)Nc1ccc(Cl)c(C(=O)Nc2ccc(OCCN)cc2)c1. The minimum atomic E-state index is -0.369. The van der Waals surface area contributed by atoms with Gasteiger partial charge in [0.15, 0.2) is 0 Å². The number of carbonyl (C=O) groups excluding carboxylic acids is 2. The van der Waals surface area contributed by atoms with Gasteiger partial charge in [-0.05, 0) is 42.5 Å². The molecule has 2 aromatic rings. The summed E-state index contributed by atoms with van der Waals surface area (Å²) in [7, 11) is 0. The number of ether oxygens (including phenoxy) is 1. The highest BCUT2D eigenvalue weighted by molar-refractivity contribution is 6.34. The van der Waals surface area contributed by atoms with Gasteiger partial charge in [-0.1, -0.05) is 25.4 Å². The molecular formula is C19H22ClN3O3. The minimum Gasteiger partial charge on any atom is -0.492 e. The molecule has 0 heterocycles. The maximum Gasteiger partial charge on any atom is 0.257 e. The second kappa shape index (κ2) is 9.22. The molecule has 0 aliphatic carbocycles. The van der Waals surface area contributed by atoms with E-state index in [4.69, 9.17) is 22.1 Å². The van der Waals surface area contributed by atoms with E-state index in [1.54, 1.807) is 56.3 Å². The van der Waals surface area contributed by atoms with E-state index in [0.29, 0.717) is 35.3 Å². The third kappa shape index (κ3) is 5.47. The number of hydrogen-bond donors (Lipinski definition) is 3. The van der Waals surface area contributed by atoms with Crippen LogP contribution < -0.4 is 21.1 Å². The molecule has 0 radical (unpaired) electrons. The summed E-state index contributed by atoms with van der Waals surface area (Å²) in [5.74, 6) is 0.00542. The van der Waals surface area contributed by atoms with E-state index >= 15 is 0 Å². The summed E-state index contributed by atoms with van der Waals surface area (Å²) >= 11 is 6.13. The molecule has 0 unspecified atom stereocenters. The Morgan fingerprint density at radius 3 is 2.35 bits per heavy atom. The molecule has 0 atom stereocenters. The first-order valence-electron chi connectivity index (χ1n) is 8.25. The summed E-state index contributed by atoms with van der Waals surface area (Å²) in [4.78, 5) is 24.3. The lowest BCUT2D eigenvalue weighted by molar-refractivity contribution is -0.118. The van der Waals surface area contributed by atoms with Gasteiger partial charge < -0.3 is 21.1 Å². The standard InChI is InChI=1S/C19H22ClN3O3/c1-12(2)18(24)23-14-5-8-17(20)16(11-14)19(25)22-13-3-6-15(7-4-13)26-10-9-21/h3-8,11-12H,9-10,21H2,1-2H3,(H,22,25)(H,23,24). The molecule has 0 aliphatic heterocycles. The number of carbonyl (C=O) groups is 2. The molecule has 26 heavy (non-hydrogen) atoms. The van der Waals surface area contributed by atoms with Crippen LogP contribution in [0.2, 0.25) is 5.02 Å². The first-order valence-corrected chi connectivity index (χ1v) is 8.63. The van der Waals surface area contributed by atoms with Crippen molar-refractivity contribution in [3.63, 3.8) is 0 Å². The Morgan fingerprint density at radius 2 is 1.73 bits per heavy atom. The van der Waals surface area contributed by atoms with Crippen molar-refractivity contribution in [2.45, 2.75) is 13.8 Å². The van der Waals surface area contributed by atoms with Crippen LogP contribution in [-0.4, -0.2) is 25.0 Å². The fourth-order valence-corrected chi connectivity index (χ4v) is 2.28. The van der Waals surface area contributed by atoms with Crippen LogP contribution in [0.5, 0.6) is 5.75 Å². The summed E-state index contributed by atoms with van der Waals surface area (Å²) in [6, 6.07) is 11.7. The van der Waals surface area contributed by atoms with Gasteiger partial charge in [-0.2, -0.15) is 0 Å². The normalized spacial score (nSPS) is 10.5. The number of nitrogens with two attached hydrogens (primary N) is 1. The van der Waals surface area contributed by atoms with E-state index in [-0.39, 0.29) is 23.3 Å². The van der Waals surface area contributed by atoms with Crippen molar-refractivity contribution in [1.29, 1.82) is 0 Å². The second-order valence-corrected chi connectivity index (χ2v) is 6.36. The average molecular weight is 376 g/mol. The molecule has 0 aliphatic rings. The molecule has 0 aromatic heterocycles. The number of anilines is 2. The molecule has 6 nitrogen and oxygen atoms in total. The van der Waals surface area contributed by atoms with Gasteiger partial charge in [-0.25, -0.2) is 0 Å². The van der Waals surface area contributed by atoms with Crippen molar-refractivity contribution in [1.82, 2.24) is 0 Å². The number of rotatable bonds is 7. The predicted octanol–water partition coefficient (Wildman–Crippen LogP) is 3.52. The Kier molecular flexibility index (Phi) is 7.00. The quantitative estimate of drug-likeness (QED) is 0.690. The molecule has 0 spiro atoms. The Bertz CT molecular complexity index is 776. The van der Waals surface area contributed by atoms with Gasteiger partial charge in [0.25, 0.3) is 5.91 Å². The van der Waals surface area contributed by atoms with Crippen LogP contribution in [0, 0.1) is 5.92 Å². The highest BCUT2D eigenvalue weighted by Gasteiger charge is 2.14. The molecule has 0 saturated carbocycles. The first kappa shape index (κ1) is 19.8. The summed E-state index contributed by atoms with van der Waals surface area (Å²) in [5.41, 5.74) is 6.78. The predicted molar refractivity (Wildman–Crippen MR) is 104 cm³/mol. The van der Waals surface area contributed by atoms with Crippen LogP contribution in [0.3, 0.4) is 0 Å². The zero-order chi connectivity index (χ0) is 19.1. The van der Waals surface area contributed by atoms with Crippen molar-refractivity contribution in [3.05, 3.63) is 53.1 Å². The lowest BCUT2D eigenvalue weighted by Gasteiger charge is -2.11. The van der Waals surface area contributed by atoms with Crippen LogP contribution in [0.1, 0.15) is 24.2 Å². The van der Waals surface area contributed by atoms with Crippen molar-refractivity contribution < 1.29 is 14.3 Å². The van der Waals surface area contributed by atoms with E-state index in [9.17, 15) is 9.59 Å². The lowest BCUT2D eigenvalue weighted by atomic mass is 10.1. The lowest BCUT2D eigenvalue weighted by Crippen LogP contribution is -2.18. The molecule has 0 saturated heterocycles. The van der Waals surface area contributed by atoms with Gasteiger partial charge >= 0.3 is 0 Å². The number of amides is 2. The Morgan fingerprint density at radius 1 is 1.08 bits per heavy atom. The highest BCUT2D eigenvalue weighted by atomic mass is 35.5. The molecule has 0 bridgehead atoms. The van der Waals surface area contributed by atoms with Crippen molar-refractivity contribution in [3.8, 4) is 5.75 Å². The Labute approximate surface area is 157 Å². The highest BCUT2D eigenvalue weighted by Crippen LogP contribution is 2.23. The third-order valence-corrected chi connectivity index (χ3v) is 3.83. The first-order chi connectivity index (χ1) is 12.4. The zero-order valence-corrected chi connectivity index (χ0v) is 15.5. The largest absolute Gasteiger partial charge is 0.492 e. The number of benzene rings is 2. The van der Waals surface area contributed by atoms with E-state index in [1.165, 1.54) is 0 Å². The van der Waals surface area contributed by atoms with Crippen LogP contribution >= 0.6 is 11.6 Å². The van der Waals surface area contributed by atoms with Gasteiger partial charge in [0.2, 0.25) is 5.91 Å². The number of hydrogen-bond acceptors (Lipinski definition) is 4. The summed E-state index contributed by atoms with van der Waals surface area (Å²) in [6.45, 7) is 4.44. The van der Waals surface area contributed by atoms with Gasteiger partial charge in [-0.3, -0.25) is 9.59 Å². The molecule has 138 valence electrons. The summed E-state index contributed by atoms with van der Waals surface area (Å²) in [5, 5.41) is 5.82. The second-order valence-electron chi connectivity index (χ2n) is 5.95. The summed E-state index contributed by atoms with van der Waals surface area (Å²) in [6.07, 6.45) is 0. The molecule has 2 rings (SSSR count). The molecular weight excluding hydrogens is 354 g/mol. The number of halogens is 1. The van der Waals surface area contributed by atoms with Crippen LogP contribution in [0.15, 0.2) is 42.5 Å². The Balaban J connectivity index is 2.09. The van der Waals surface area contributed by atoms with Crippen LogP contribution in [0.4, 0.5) is 11.4 Å². The maximum atomic E-state index is 12.5. The number of nitrogens with one attached hydrogen (secondary N) is 2. The topological polar surface area (TPSA) is 93.5 Å². The van der Waals surface area contributed by atoms with Crippen LogP contribution in [-0.2, 0) is 4.79 Å². The fraction of sp³-hybridized carbons (Fsp3) is 0.263. The van der Waals surface area contributed by atoms with Crippen molar-refractivity contribution in [2.24, 2.45) is 11.7 Å². The fourth-order valence-electron chi connectivity index (χ4n) is 2.07. The molecule has 2 aromatic carbocycles. The van der Waals surface area contributed by atoms with Crippen molar-refractivity contribution >= 4 is 34.8 Å². The Hall–Kier alpha value is -2.57. The molecule has 7 heteroatoms. The minimum absolute atomic E-state index is 0.133. The zero-order valence-electron chi connectivity index (χ0n) is 14.7. The smallest absolute Gasteiger partial charge is 0.257 e. The van der Waals surface area contributed by atoms with Gasteiger partial charge in [0.1, 0.15) is 12.4 Å². The van der Waals surface area contributed by atoms with E-state index in [1.807, 2.05) is 0 Å². The monoisotopic (exact) mass is 375 g/mol.